The Balaban J connectivity index is 1.97. The Bertz CT molecular complexity index is 743. The molecule has 0 aliphatic carbocycles. The molecular formula is C15H12N2OS. The highest BCUT2D eigenvalue weighted by Crippen LogP contribution is 2.20. The molecule has 0 atom stereocenters. The molecule has 4 heteroatoms. The fourth-order valence-corrected chi connectivity index (χ4v) is 2.84. The van der Waals surface area contributed by atoms with E-state index in [1.807, 2.05) is 36.6 Å². The molecule has 0 fully saturated rings. The highest BCUT2D eigenvalue weighted by atomic mass is 32.1. The molecule has 0 unspecified atom stereocenters. The summed E-state index contributed by atoms with van der Waals surface area (Å²) in [6.07, 6.45) is 3.84. The summed E-state index contributed by atoms with van der Waals surface area (Å²) in [4.78, 5) is 20.8. The van der Waals surface area contributed by atoms with Gasteiger partial charge >= 0.3 is 0 Å². The maximum Gasteiger partial charge on any atom is 0.170 e. The third kappa shape index (κ3) is 2.39. The molecule has 0 aliphatic rings. The predicted molar refractivity (Wildman–Crippen MR) is 76.6 cm³/mol. The Morgan fingerprint density at radius 2 is 2.21 bits per heavy atom. The second-order valence-electron chi connectivity index (χ2n) is 4.38. The molecule has 0 N–H and O–H groups in total. The van der Waals surface area contributed by atoms with Crippen molar-refractivity contribution < 1.29 is 4.79 Å². The third-order valence-corrected chi connectivity index (χ3v) is 3.93. The van der Waals surface area contributed by atoms with E-state index >= 15 is 0 Å². The minimum absolute atomic E-state index is 0.0907. The van der Waals surface area contributed by atoms with Gasteiger partial charge in [0, 0.05) is 34.4 Å². The van der Waals surface area contributed by atoms with Crippen molar-refractivity contribution in [3.63, 3.8) is 0 Å². The normalized spacial score (nSPS) is 10.8. The molecule has 94 valence electrons. The number of ketones is 1. The first-order valence-electron chi connectivity index (χ1n) is 6.01. The van der Waals surface area contributed by atoms with Crippen molar-refractivity contribution in [2.75, 3.05) is 0 Å². The smallest absolute Gasteiger partial charge is 0.170 e. The maximum atomic E-state index is 12.4. The molecular weight excluding hydrogens is 256 g/mol. The molecule has 1 aromatic carbocycles. The number of nitrogens with zero attached hydrogens (tertiary/aromatic N) is 2. The van der Waals surface area contributed by atoms with Crippen LogP contribution in [0.1, 0.15) is 21.1 Å². The van der Waals surface area contributed by atoms with Gasteiger partial charge in [0.15, 0.2) is 5.78 Å². The zero-order valence-corrected chi connectivity index (χ0v) is 11.3. The van der Waals surface area contributed by atoms with E-state index in [2.05, 4.69) is 9.97 Å². The number of fused-ring (bicyclic) bond motifs is 1. The zero-order chi connectivity index (χ0) is 13.2. The van der Waals surface area contributed by atoms with Crippen LogP contribution >= 0.6 is 11.3 Å². The van der Waals surface area contributed by atoms with E-state index in [1.165, 1.54) is 11.3 Å². The summed E-state index contributed by atoms with van der Waals surface area (Å²) in [5, 5.41) is 4.77. The second-order valence-corrected chi connectivity index (χ2v) is 5.33. The van der Waals surface area contributed by atoms with Crippen molar-refractivity contribution in [2.45, 2.75) is 13.3 Å². The molecule has 2 heterocycles. The Kier molecular flexibility index (Phi) is 3.09. The van der Waals surface area contributed by atoms with E-state index in [4.69, 9.17) is 0 Å². The average molecular weight is 268 g/mol. The summed E-state index contributed by atoms with van der Waals surface area (Å²) < 4.78 is 0. The van der Waals surface area contributed by atoms with E-state index in [-0.39, 0.29) is 5.78 Å². The standard InChI is InChI=1S/C15H12N2OS/c1-10-9-19-15(17-10)7-14(18)12-4-2-3-11-5-6-16-8-13(11)12/h2-6,8-9H,7H2,1H3. The minimum atomic E-state index is 0.0907. The molecule has 0 aliphatic heterocycles. The topological polar surface area (TPSA) is 42.9 Å². The van der Waals surface area contributed by atoms with Gasteiger partial charge in [0.25, 0.3) is 0 Å². The Labute approximate surface area is 115 Å². The summed E-state index contributed by atoms with van der Waals surface area (Å²) in [6.45, 7) is 1.94. The quantitative estimate of drug-likeness (QED) is 0.683. The van der Waals surface area contributed by atoms with Crippen molar-refractivity contribution in [3.8, 4) is 0 Å². The minimum Gasteiger partial charge on any atom is -0.294 e. The summed E-state index contributed by atoms with van der Waals surface area (Å²) in [6, 6.07) is 7.66. The Hall–Kier alpha value is -2.07. The molecule has 0 saturated carbocycles. The summed E-state index contributed by atoms with van der Waals surface area (Å²) in [5.74, 6) is 0.0907. The maximum absolute atomic E-state index is 12.4. The summed E-state index contributed by atoms with van der Waals surface area (Å²) >= 11 is 1.53. The van der Waals surface area contributed by atoms with Crippen LogP contribution in [0.2, 0.25) is 0 Å². The van der Waals surface area contributed by atoms with Gasteiger partial charge in [-0.25, -0.2) is 4.98 Å². The van der Waals surface area contributed by atoms with E-state index in [9.17, 15) is 4.79 Å². The van der Waals surface area contributed by atoms with Gasteiger partial charge in [-0.3, -0.25) is 9.78 Å². The van der Waals surface area contributed by atoms with Gasteiger partial charge in [0.1, 0.15) is 5.01 Å². The van der Waals surface area contributed by atoms with Crippen LogP contribution < -0.4 is 0 Å². The number of hydrogen-bond donors (Lipinski definition) is 0. The van der Waals surface area contributed by atoms with Gasteiger partial charge in [-0.1, -0.05) is 18.2 Å². The molecule has 0 saturated heterocycles. The van der Waals surface area contributed by atoms with Crippen molar-refractivity contribution in [1.29, 1.82) is 0 Å². The first-order valence-corrected chi connectivity index (χ1v) is 6.89. The molecule has 2 aromatic heterocycles. The number of aromatic nitrogens is 2. The van der Waals surface area contributed by atoms with Gasteiger partial charge in [0.05, 0.1) is 6.42 Å². The number of benzene rings is 1. The van der Waals surface area contributed by atoms with Crippen molar-refractivity contribution in [1.82, 2.24) is 9.97 Å². The SMILES string of the molecule is Cc1csc(CC(=O)c2cccc3ccncc23)n1. The summed E-state index contributed by atoms with van der Waals surface area (Å²) in [7, 11) is 0. The number of aryl methyl sites for hydroxylation is 1. The van der Waals surface area contributed by atoms with Gasteiger partial charge in [-0.05, 0) is 18.4 Å². The van der Waals surface area contributed by atoms with Crippen LogP contribution in [0.3, 0.4) is 0 Å². The Morgan fingerprint density at radius 3 is 3.00 bits per heavy atom. The molecule has 3 aromatic rings. The summed E-state index contributed by atoms with van der Waals surface area (Å²) in [5.41, 5.74) is 1.69. The number of carbonyl (C=O) groups excluding carboxylic acids is 1. The van der Waals surface area contributed by atoms with E-state index in [0.29, 0.717) is 6.42 Å². The molecule has 19 heavy (non-hydrogen) atoms. The van der Waals surface area contributed by atoms with Crippen LogP contribution in [0.15, 0.2) is 42.0 Å². The number of Topliss-reactive ketones (excluding diaryl/α,β-unsaturated/α-hetero) is 1. The van der Waals surface area contributed by atoms with Crippen molar-refractivity contribution >= 4 is 27.9 Å². The van der Waals surface area contributed by atoms with Crippen molar-refractivity contribution in [3.05, 3.63) is 58.3 Å². The van der Waals surface area contributed by atoms with Crippen LogP contribution in [-0.2, 0) is 6.42 Å². The van der Waals surface area contributed by atoms with E-state index in [0.717, 1.165) is 27.0 Å². The average Bonchev–Trinajstić information content (AvgIpc) is 2.83. The molecule has 0 amide bonds. The fourth-order valence-electron chi connectivity index (χ4n) is 2.07. The first kappa shape index (κ1) is 12.0. The van der Waals surface area contributed by atoms with Gasteiger partial charge < -0.3 is 0 Å². The largest absolute Gasteiger partial charge is 0.294 e. The number of thiazole rings is 1. The van der Waals surface area contributed by atoms with Gasteiger partial charge in [-0.2, -0.15) is 0 Å². The highest BCUT2D eigenvalue weighted by molar-refractivity contribution is 7.09. The number of rotatable bonds is 3. The molecule has 0 radical (unpaired) electrons. The van der Waals surface area contributed by atoms with Crippen LogP contribution in [0.25, 0.3) is 10.8 Å². The lowest BCUT2D eigenvalue weighted by Gasteiger charge is -2.04. The lowest BCUT2D eigenvalue weighted by Crippen LogP contribution is -2.04. The lowest BCUT2D eigenvalue weighted by molar-refractivity contribution is 0.0994. The molecule has 3 rings (SSSR count). The van der Waals surface area contributed by atoms with Crippen LogP contribution in [0, 0.1) is 6.92 Å². The second kappa shape index (κ2) is 4.90. The van der Waals surface area contributed by atoms with Gasteiger partial charge in [0.2, 0.25) is 0 Å². The van der Waals surface area contributed by atoms with Crippen LogP contribution in [0.5, 0.6) is 0 Å². The Morgan fingerprint density at radius 1 is 1.32 bits per heavy atom. The predicted octanol–water partition coefficient (Wildman–Crippen LogP) is 3.43. The fraction of sp³-hybridized carbons (Fsp3) is 0.133. The monoisotopic (exact) mass is 268 g/mol. The number of pyridine rings is 1. The van der Waals surface area contributed by atoms with Crippen molar-refractivity contribution in [2.24, 2.45) is 0 Å². The van der Waals surface area contributed by atoms with Crippen LogP contribution in [-0.4, -0.2) is 15.8 Å². The van der Waals surface area contributed by atoms with Crippen LogP contribution in [0.4, 0.5) is 0 Å². The molecule has 0 bridgehead atoms. The lowest BCUT2D eigenvalue weighted by atomic mass is 10.0. The highest BCUT2D eigenvalue weighted by Gasteiger charge is 2.12. The molecule has 3 nitrogen and oxygen atoms in total. The van der Waals surface area contributed by atoms with Gasteiger partial charge in [-0.15, -0.1) is 11.3 Å². The first-order chi connectivity index (χ1) is 9.24. The zero-order valence-electron chi connectivity index (χ0n) is 10.5. The van der Waals surface area contributed by atoms with E-state index in [1.54, 1.807) is 12.4 Å². The number of hydrogen-bond acceptors (Lipinski definition) is 4. The third-order valence-electron chi connectivity index (χ3n) is 2.96. The number of carbonyl (C=O) groups is 1. The van der Waals surface area contributed by atoms with E-state index < -0.39 is 0 Å². The molecule has 0 spiro atoms.